The van der Waals surface area contributed by atoms with Gasteiger partial charge in [0.15, 0.2) is 0 Å². The van der Waals surface area contributed by atoms with Crippen LogP contribution in [-0.2, 0) is 48.4 Å². The summed E-state index contributed by atoms with van der Waals surface area (Å²) < 4.78 is 25.0. The predicted octanol–water partition coefficient (Wildman–Crippen LogP) is 6.65. The van der Waals surface area contributed by atoms with Crippen molar-refractivity contribution < 1.29 is 57.3 Å². The summed E-state index contributed by atoms with van der Waals surface area (Å²) >= 11 is 0. The van der Waals surface area contributed by atoms with E-state index in [-0.39, 0.29) is 43.8 Å². The number of piperazine rings is 1. The number of nitrogens with one attached hydrogen (secondary N) is 2. The number of nitrogens with zero attached hydrogens (tertiary/aromatic N) is 3. The maximum Gasteiger partial charge on any atom is 0.325 e. The highest BCUT2D eigenvalue weighted by molar-refractivity contribution is 6.11. The first-order valence-electron chi connectivity index (χ1n) is 25.6. The van der Waals surface area contributed by atoms with Crippen molar-refractivity contribution in [1.82, 2.24) is 15.1 Å². The number of esters is 3. The molecular formula is C59H62N5O11+. The molecule has 5 aliphatic heterocycles. The Hall–Kier alpha value is -7.82. The van der Waals surface area contributed by atoms with Crippen LogP contribution in [0, 0.1) is 11.8 Å². The number of aromatic hydroxyl groups is 1. The first-order valence-corrected chi connectivity index (χ1v) is 25.6. The molecule has 0 unspecified atom stereocenters. The molecule has 10 rings (SSSR count). The lowest BCUT2D eigenvalue weighted by Crippen LogP contribution is -2.61. The topological polar surface area (TPSA) is 190 Å². The molecule has 5 aliphatic rings. The zero-order chi connectivity index (χ0) is 52.6. The van der Waals surface area contributed by atoms with Crippen molar-refractivity contribution in [1.29, 1.82) is 0 Å². The predicted molar refractivity (Wildman–Crippen MR) is 275 cm³/mol. The van der Waals surface area contributed by atoms with Crippen LogP contribution in [0.15, 0.2) is 146 Å². The summed E-state index contributed by atoms with van der Waals surface area (Å²) in [7, 11) is 6.31. The Kier molecular flexibility index (Phi) is 14.1. The van der Waals surface area contributed by atoms with Gasteiger partial charge in [-0.2, -0.15) is 0 Å². The first-order chi connectivity index (χ1) is 36.2. The third kappa shape index (κ3) is 9.41. The Labute approximate surface area is 435 Å². The standard InChI is InChI=1S/C59H61N5O11/c1-5-32-73-56(69)47-50-57(70)75-51(38-18-10-7-11-19-38)49(36-16-8-6-9-17-36)63(50)52(59(47)43-20-12-13-21-44(43)61-58(59)71)39-25-29-41(30-26-39)72-33-34-74-55(68)42-35-46-53(66)60-45(22-14-15-31-64(2,3)4)54(67)62(46)48(42)37-23-27-40(65)28-24-37/h5-13,16-21,23-30,42,45-52H,1,14-15,22,31-35H2,2-4H3,(H2-,60,61,65,66,71)/p+1/t42-,45+,46-,47+,48-,49+,50+,51-,52-,59+/m1/s1. The van der Waals surface area contributed by atoms with Gasteiger partial charge < -0.3 is 44.1 Å². The number of cyclic esters (lactones) is 1. The summed E-state index contributed by atoms with van der Waals surface area (Å²) in [5, 5.41) is 16.1. The number of anilines is 1. The van der Waals surface area contributed by atoms with Crippen LogP contribution in [0.4, 0.5) is 5.69 Å². The molecule has 0 bridgehead atoms. The van der Waals surface area contributed by atoms with E-state index >= 15 is 4.79 Å². The zero-order valence-electron chi connectivity index (χ0n) is 42.2. The zero-order valence-corrected chi connectivity index (χ0v) is 42.2. The number of benzene rings is 5. The van der Waals surface area contributed by atoms with E-state index in [2.05, 4.69) is 38.4 Å². The van der Waals surface area contributed by atoms with Gasteiger partial charge in [0.25, 0.3) is 0 Å². The van der Waals surface area contributed by atoms with E-state index in [1.165, 1.54) is 23.1 Å². The lowest BCUT2D eigenvalue weighted by molar-refractivity contribution is -0.870. The molecule has 4 fully saturated rings. The minimum absolute atomic E-state index is 0.0224. The van der Waals surface area contributed by atoms with Gasteiger partial charge in [-0.3, -0.25) is 33.7 Å². The average Bonchev–Trinajstić information content (AvgIpc) is 4.07. The molecule has 5 aromatic rings. The van der Waals surface area contributed by atoms with E-state index in [1.54, 1.807) is 42.5 Å². The number of phenolic OH excluding ortho intramolecular Hbond substituents is 1. The fourth-order valence-electron chi connectivity index (χ4n) is 12.2. The van der Waals surface area contributed by atoms with Crippen LogP contribution < -0.4 is 15.4 Å². The molecule has 0 aliphatic carbocycles. The van der Waals surface area contributed by atoms with Crippen molar-refractivity contribution in [3.8, 4) is 11.5 Å². The summed E-state index contributed by atoms with van der Waals surface area (Å²) in [5.41, 5.74) is 2.09. The highest BCUT2D eigenvalue weighted by Crippen LogP contribution is 2.65. The van der Waals surface area contributed by atoms with E-state index < -0.39 is 83.4 Å². The van der Waals surface area contributed by atoms with Crippen LogP contribution in [-0.4, -0.2) is 121 Å². The third-order valence-corrected chi connectivity index (χ3v) is 15.4. The van der Waals surface area contributed by atoms with Crippen LogP contribution in [0.2, 0.25) is 0 Å². The second-order valence-corrected chi connectivity index (χ2v) is 21.0. The lowest BCUT2D eigenvalue weighted by Gasteiger charge is -2.46. The van der Waals surface area contributed by atoms with Crippen molar-refractivity contribution in [3.05, 3.63) is 174 Å². The van der Waals surface area contributed by atoms with Crippen molar-refractivity contribution in [2.75, 3.05) is 52.8 Å². The summed E-state index contributed by atoms with van der Waals surface area (Å²) in [6, 6.07) is 34.3. The number of hydrogen-bond acceptors (Lipinski definition) is 12. The molecule has 0 aromatic heterocycles. The highest BCUT2D eigenvalue weighted by Gasteiger charge is 2.74. The maximum atomic E-state index is 15.1. The Morgan fingerprint density at radius 2 is 1.41 bits per heavy atom. The van der Waals surface area contributed by atoms with Crippen molar-refractivity contribution in [2.24, 2.45) is 11.8 Å². The number of para-hydroxylation sites is 1. The summed E-state index contributed by atoms with van der Waals surface area (Å²) in [5.74, 6) is -4.87. The van der Waals surface area contributed by atoms with E-state index in [0.717, 1.165) is 35.0 Å². The molecule has 0 saturated carbocycles. The summed E-state index contributed by atoms with van der Waals surface area (Å²) in [6.07, 6.45) is 2.74. The molecule has 3 N–H and O–H groups in total. The van der Waals surface area contributed by atoms with Gasteiger partial charge in [-0.1, -0.05) is 116 Å². The van der Waals surface area contributed by atoms with Gasteiger partial charge >= 0.3 is 17.9 Å². The van der Waals surface area contributed by atoms with Crippen molar-refractivity contribution >= 4 is 41.3 Å². The molecule has 16 nitrogen and oxygen atoms in total. The van der Waals surface area contributed by atoms with Gasteiger partial charge in [0, 0.05) is 5.69 Å². The number of quaternary nitrogens is 1. The Bertz CT molecular complexity index is 2970. The molecule has 388 valence electrons. The smallest absolute Gasteiger partial charge is 0.325 e. The highest BCUT2D eigenvalue weighted by atomic mass is 16.6. The van der Waals surface area contributed by atoms with E-state index in [4.69, 9.17) is 18.9 Å². The number of unbranched alkanes of at least 4 members (excludes halogenated alkanes) is 1. The van der Waals surface area contributed by atoms with Gasteiger partial charge in [-0.25, -0.2) is 0 Å². The van der Waals surface area contributed by atoms with Gasteiger partial charge in [0.2, 0.25) is 17.7 Å². The van der Waals surface area contributed by atoms with E-state index in [0.29, 0.717) is 34.5 Å². The number of morpholine rings is 1. The van der Waals surface area contributed by atoms with Crippen LogP contribution in [0.25, 0.3) is 0 Å². The largest absolute Gasteiger partial charge is 0.508 e. The second kappa shape index (κ2) is 20.8. The summed E-state index contributed by atoms with van der Waals surface area (Å²) in [4.78, 5) is 90.1. The Balaban J connectivity index is 0.923. The first kappa shape index (κ1) is 50.7. The van der Waals surface area contributed by atoms with Gasteiger partial charge in [0.1, 0.15) is 66.9 Å². The minimum Gasteiger partial charge on any atom is -0.508 e. The molecule has 5 heterocycles. The molecule has 0 radical (unpaired) electrons. The number of rotatable bonds is 17. The average molecular weight is 1020 g/mol. The number of phenols is 1. The number of ether oxygens (including phenoxy) is 4. The van der Waals surface area contributed by atoms with Crippen LogP contribution in [0.3, 0.4) is 0 Å². The SMILES string of the molecule is C=CCOC(=O)[C@@H]1[C@H]2C(=O)O[C@H](c3ccccc3)[C@H](c3ccccc3)N2[C@H](c2ccc(OCCOC(=O)[C@@H]3C[C@@H]4C(=O)N[C@@H](CCCC[N+](C)(C)C)C(=O)N4[C@@H]3c3ccc(O)cc3)cc2)[C@@]12C(=O)Nc1ccccc12. The van der Waals surface area contributed by atoms with Crippen molar-refractivity contribution in [3.63, 3.8) is 0 Å². The molecule has 1 spiro atoms. The fraction of sp³-hybridized carbons (Fsp3) is 0.356. The minimum atomic E-state index is -1.70. The molecule has 4 saturated heterocycles. The maximum absolute atomic E-state index is 15.1. The van der Waals surface area contributed by atoms with Gasteiger partial charge in [-0.05, 0) is 83.8 Å². The van der Waals surface area contributed by atoms with Crippen LogP contribution >= 0.6 is 0 Å². The second-order valence-electron chi connectivity index (χ2n) is 21.0. The normalized spacial score (nSPS) is 26.9. The Morgan fingerprint density at radius 3 is 2.11 bits per heavy atom. The number of fused-ring (bicyclic) bond motifs is 4. The van der Waals surface area contributed by atoms with Gasteiger partial charge in [0.05, 0.1) is 51.7 Å². The van der Waals surface area contributed by atoms with E-state index in [1.807, 2.05) is 83.8 Å². The number of carbonyl (C=O) groups is 6. The fourth-order valence-corrected chi connectivity index (χ4v) is 12.2. The van der Waals surface area contributed by atoms with Crippen LogP contribution in [0.1, 0.15) is 77.7 Å². The molecule has 3 amide bonds. The number of amides is 3. The summed E-state index contributed by atoms with van der Waals surface area (Å²) in [6.45, 7) is 4.29. The van der Waals surface area contributed by atoms with Crippen LogP contribution in [0.5, 0.6) is 11.5 Å². The number of hydrogen-bond donors (Lipinski definition) is 3. The number of carbonyl (C=O) groups excluding carboxylic acids is 6. The molecule has 10 atom stereocenters. The Morgan fingerprint density at radius 1 is 0.760 bits per heavy atom. The lowest BCUT2D eigenvalue weighted by atomic mass is 9.65. The molecule has 75 heavy (non-hydrogen) atoms. The molecule has 16 heteroatoms. The monoisotopic (exact) mass is 1020 g/mol. The molecule has 5 aromatic carbocycles. The van der Waals surface area contributed by atoms with E-state index in [9.17, 15) is 29.1 Å². The molecular weight excluding hydrogens is 955 g/mol. The van der Waals surface area contributed by atoms with Crippen molar-refractivity contribution in [2.45, 2.75) is 73.5 Å². The third-order valence-electron chi connectivity index (χ3n) is 15.4. The quantitative estimate of drug-likeness (QED) is 0.0296. The van der Waals surface area contributed by atoms with Gasteiger partial charge in [-0.15, -0.1) is 0 Å².